The number of halogens is 1. The van der Waals surface area contributed by atoms with Crippen LogP contribution in [0, 0.1) is 0 Å². The van der Waals surface area contributed by atoms with Gasteiger partial charge in [0.15, 0.2) is 5.76 Å². The van der Waals surface area contributed by atoms with Crippen LogP contribution in [-0.4, -0.2) is 26.0 Å². The van der Waals surface area contributed by atoms with Gasteiger partial charge in [-0.25, -0.2) is 4.79 Å². The highest BCUT2D eigenvalue weighted by Crippen LogP contribution is 2.36. The van der Waals surface area contributed by atoms with Crippen LogP contribution in [-0.2, 0) is 0 Å². The van der Waals surface area contributed by atoms with Crippen LogP contribution < -0.4 is 18.9 Å². The van der Waals surface area contributed by atoms with Crippen LogP contribution in [0.3, 0.4) is 0 Å². The summed E-state index contributed by atoms with van der Waals surface area (Å²) < 4.78 is 22.6. The fourth-order valence-corrected chi connectivity index (χ4v) is 3.33. The third-order valence-corrected chi connectivity index (χ3v) is 5.19. The van der Waals surface area contributed by atoms with Crippen LogP contribution >= 0.6 is 15.9 Å². The van der Waals surface area contributed by atoms with Crippen molar-refractivity contribution >= 4 is 33.8 Å². The number of ether oxygens (including phenoxy) is 4. The Morgan fingerprint density at radius 3 is 2.39 bits per heavy atom. The summed E-state index contributed by atoms with van der Waals surface area (Å²) in [4.78, 5) is 25.1. The normalized spacial score (nSPS) is 13.5. The van der Waals surface area contributed by atoms with E-state index in [9.17, 15) is 9.59 Å². The zero-order valence-corrected chi connectivity index (χ0v) is 18.3. The van der Waals surface area contributed by atoms with Crippen molar-refractivity contribution < 1.29 is 28.5 Å². The van der Waals surface area contributed by atoms with Crippen LogP contribution in [0.4, 0.5) is 0 Å². The molecule has 0 N–H and O–H groups in total. The van der Waals surface area contributed by atoms with Gasteiger partial charge >= 0.3 is 5.97 Å². The van der Waals surface area contributed by atoms with Crippen molar-refractivity contribution in [2.24, 2.45) is 0 Å². The van der Waals surface area contributed by atoms with Gasteiger partial charge in [-0.05, 0) is 54.6 Å². The molecule has 0 bridgehead atoms. The van der Waals surface area contributed by atoms with E-state index in [1.807, 2.05) is 0 Å². The average molecular weight is 481 g/mol. The first kappa shape index (κ1) is 20.7. The van der Waals surface area contributed by atoms with E-state index >= 15 is 0 Å². The quantitative estimate of drug-likeness (QED) is 0.280. The lowest BCUT2D eigenvalue weighted by Gasteiger charge is -2.08. The molecule has 1 aliphatic heterocycles. The molecule has 0 saturated heterocycles. The number of benzene rings is 3. The molecule has 31 heavy (non-hydrogen) atoms. The number of methoxy groups -OCH3 is 2. The molecule has 0 radical (unpaired) electrons. The molecule has 0 unspecified atom stereocenters. The molecule has 3 aromatic rings. The van der Waals surface area contributed by atoms with E-state index in [2.05, 4.69) is 15.9 Å². The minimum atomic E-state index is -0.504. The number of fused-ring (bicyclic) bond motifs is 1. The van der Waals surface area contributed by atoms with Gasteiger partial charge in [0.25, 0.3) is 0 Å². The lowest BCUT2D eigenvalue weighted by molar-refractivity contribution is 0.0734. The smallest absolute Gasteiger partial charge is 0.343 e. The lowest BCUT2D eigenvalue weighted by Crippen LogP contribution is -2.08. The first-order valence-electron chi connectivity index (χ1n) is 9.26. The third-order valence-electron chi connectivity index (χ3n) is 4.66. The van der Waals surface area contributed by atoms with Gasteiger partial charge in [-0.3, -0.25) is 4.79 Å². The second-order valence-electron chi connectivity index (χ2n) is 6.60. The fraction of sp³-hybridized carbons (Fsp3) is 0.0833. The van der Waals surface area contributed by atoms with Crippen molar-refractivity contribution in [1.82, 2.24) is 0 Å². The Labute approximate surface area is 187 Å². The molecule has 0 saturated carbocycles. The number of rotatable bonds is 5. The summed E-state index contributed by atoms with van der Waals surface area (Å²) in [7, 11) is 3.10. The largest absolute Gasteiger partial charge is 0.497 e. The highest BCUT2D eigenvalue weighted by atomic mass is 79.9. The van der Waals surface area contributed by atoms with E-state index in [-0.39, 0.29) is 17.3 Å². The van der Waals surface area contributed by atoms with Crippen molar-refractivity contribution in [3.63, 3.8) is 0 Å². The molecule has 4 rings (SSSR count). The van der Waals surface area contributed by atoms with E-state index in [4.69, 9.17) is 18.9 Å². The maximum Gasteiger partial charge on any atom is 0.343 e. The van der Waals surface area contributed by atoms with Crippen molar-refractivity contribution in [2.45, 2.75) is 0 Å². The number of allylic oxidation sites excluding steroid dienone is 1. The maximum absolute atomic E-state index is 12.7. The van der Waals surface area contributed by atoms with Crippen molar-refractivity contribution in [3.05, 3.63) is 87.6 Å². The Kier molecular flexibility index (Phi) is 5.77. The summed E-state index contributed by atoms with van der Waals surface area (Å²) in [5.41, 5.74) is 1.47. The zero-order chi connectivity index (χ0) is 22.0. The van der Waals surface area contributed by atoms with E-state index in [1.165, 1.54) is 13.2 Å². The summed E-state index contributed by atoms with van der Waals surface area (Å²) in [6.45, 7) is 0. The number of Topliss-reactive ketones (excluding diaryl/α,β-unsaturated/α-hetero) is 1. The standard InChI is InChI=1S/C24H17BrO6/c1-28-17-8-5-15(20(12-17)29-2)11-22-23(26)19-10-9-18(13-21(19)31-22)30-24(27)14-3-6-16(25)7-4-14/h3-13H,1-2H3/b22-11-. The number of hydrogen-bond donors (Lipinski definition) is 0. The van der Waals surface area contributed by atoms with Crippen LogP contribution in [0.5, 0.6) is 23.0 Å². The predicted octanol–water partition coefficient (Wildman–Crippen LogP) is 5.30. The number of hydrogen-bond acceptors (Lipinski definition) is 6. The summed E-state index contributed by atoms with van der Waals surface area (Å²) in [6.07, 6.45) is 1.61. The van der Waals surface area contributed by atoms with Crippen LogP contribution in [0.1, 0.15) is 26.3 Å². The first-order chi connectivity index (χ1) is 15.0. The molecule has 0 aliphatic carbocycles. The minimum Gasteiger partial charge on any atom is -0.497 e. The highest BCUT2D eigenvalue weighted by Gasteiger charge is 2.28. The monoisotopic (exact) mass is 480 g/mol. The summed E-state index contributed by atoms with van der Waals surface area (Å²) in [5.74, 6) is 1.16. The molecular formula is C24H17BrO6. The molecule has 6 nitrogen and oxygen atoms in total. The molecule has 1 aliphatic rings. The minimum absolute atomic E-state index is 0.148. The second kappa shape index (κ2) is 8.65. The molecule has 3 aromatic carbocycles. The average Bonchev–Trinajstić information content (AvgIpc) is 3.09. The molecular weight excluding hydrogens is 464 g/mol. The zero-order valence-electron chi connectivity index (χ0n) is 16.7. The van der Waals surface area contributed by atoms with Gasteiger partial charge in [0.2, 0.25) is 5.78 Å². The second-order valence-corrected chi connectivity index (χ2v) is 7.52. The molecule has 0 amide bonds. The Morgan fingerprint density at radius 2 is 1.68 bits per heavy atom. The Balaban J connectivity index is 1.56. The lowest BCUT2D eigenvalue weighted by atomic mass is 10.1. The Hall–Kier alpha value is -3.58. The van der Waals surface area contributed by atoms with Gasteiger partial charge < -0.3 is 18.9 Å². The molecule has 0 atom stereocenters. The Bertz CT molecular complexity index is 1200. The van der Waals surface area contributed by atoms with Gasteiger partial charge in [-0.15, -0.1) is 0 Å². The molecule has 0 spiro atoms. The van der Waals surface area contributed by atoms with E-state index in [0.29, 0.717) is 33.9 Å². The number of carbonyl (C=O) groups excluding carboxylic acids is 2. The van der Waals surface area contributed by atoms with Crippen LogP contribution in [0.2, 0.25) is 0 Å². The SMILES string of the molecule is COc1ccc(/C=C2\Oc3cc(OC(=O)c4ccc(Br)cc4)ccc3C2=O)c(OC)c1. The molecule has 0 aromatic heterocycles. The summed E-state index contributed by atoms with van der Waals surface area (Å²) >= 11 is 3.33. The van der Waals surface area contributed by atoms with Gasteiger partial charge in [0.1, 0.15) is 23.0 Å². The molecule has 1 heterocycles. The number of ketones is 1. The van der Waals surface area contributed by atoms with Gasteiger partial charge in [0.05, 0.1) is 25.3 Å². The van der Waals surface area contributed by atoms with Crippen LogP contribution in [0.25, 0.3) is 6.08 Å². The summed E-state index contributed by atoms with van der Waals surface area (Å²) in [6, 6.07) is 16.7. The van der Waals surface area contributed by atoms with Crippen molar-refractivity contribution in [1.29, 1.82) is 0 Å². The molecule has 0 fully saturated rings. The van der Waals surface area contributed by atoms with E-state index in [0.717, 1.165) is 4.47 Å². The van der Waals surface area contributed by atoms with E-state index in [1.54, 1.807) is 67.8 Å². The van der Waals surface area contributed by atoms with Gasteiger partial charge in [0, 0.05) is 22.2 Å². The van der Waals surface area contributed by atoms with Crippen molar-refractivity contribution in [3.8, 4) is 23.0 Å². The van der Waals surface area contributed by atoms with Crippen LogP contribution in [0.15, 0.2) is 70.9 Å². The summed E-state index contributed by atoms with van der Waals surface area (Å²) in [5, 5.41) is 0. The van der Waals surface area contributed by atoms with Crippen molar-refractivity contribution in [2.75, 3.05) is 14.2 Å². The number of esters is 1. The molecule has 7 heteroatoms. The molecule has 156 valence electrons. The van der Waals surface area contributed by atoms with Gasteiger partial charge in [-0.2, -0.15) is 0 Å². The highest BCUT2D eigenvalue weighted by molar-refractivity contribution is 9.10. The number of carbonyl (C=O) groups is 2. The first-order valence-corrected chi connectivity index (χ1v) is 10.1. The topological polar surface area (TPSA) is 71.1 Å². The Morgan fingerprint density at radius 1 is 0.935 bits per heavy atom. The van der Waals surface area contributed by atoms with Gasteiger partial charge in [-0.1, -0.05) is 15.9 Å². The predicted molar refractivity (Wildman–Crippen MR) is 118 cm³/mol. The fourth-order valence-electron chi connectivity index (χ4n) is 3.06. The maximum atomic E-state index is 12.7. The third kappa shape index (κ3) is 4.32. The van der Waals surface area contributed by atoms with E-state index < -0.39 is 5.97 Å².